The highest BCUT2D eigenvalue weighted by Gasteiger charge is 2.41. The van der Waals surface area contributed by atoms with Crippen molar-refractivity contribution in [2.75, 3.05) is 26.2 Å². The van der Waals surface area contributed by atoms with Crippen LogP contribution >= 0.6 is 0 Å². The normalized spacial score (nSPS) is 19.3. The number of amides is 1. The number of rotatable bonds is 3. The molecule has 0 radical (unpaired) electrons. The quantitative estimate of drug-likeness (QED) is 0.765. The Kier molecular flexibility index (Phi) is 5.02. The lowest BCUT2D eigenvalue weighted by Crippen LogP contribution is -2.45. The summed E-state index contributed by atoms with van der Waals surface area (Å²) in [5.41, 5.74) is 3.23. The zero-order chi connectivity index (χ0) is 19.7. The van der Waals surface area contributed by atoms with E-state index in [0.29, 0.717) is 11.1 Å². The fourth-order valence-electron chi connectivity index (χ4n) is 4.41. The molecular weight excluding hydrogens is 354 g/mol. The Bertz CT molecular complexity index is 882. The van der Waals surface area contributed by atoms with Crippen molar-refractivity contribution in [3.05, 3.63) is 47.5 Å². The number of carbonyl (C=O) groups is 2. The zero-order valence-electron chi connectivity index (χ0n) is 16.6. The molecule has 28 heavy (non-hydrogen) atoms. The fourth-order valence-corrected chi connectivity index (χ4v) is 4.41. The minimum absolute atomic E-state index is 0.126. The summed E-state index contributed by atoms with van der Waals surface area (Å²) in [6.45, 7) is 8.22. The molecule has 1 amide bonds. The van der Waals surface area contributed by atoms with Crippen LogP contribution in [0.2, 0.25) is 0 Å². The lowest BCUT2D eigenvalue weighted by Gasteiger charge is -2.39. The fraction of sp³-hybridized carbons (Fsp3) is 0.524. The third-order valence-electron chi connectivity index (χ3n) is 6.30. The lowest BCUT2D eigenvalue weighted by atomic mass is 9.78. The minimum Gasteiger partial charge on any atom is -0.323 e. The van der Waals surface area contributed by atoms with Crippen LogP contribution in [0.15, 0.2) is 30.7 Å². The highest BCUT2D eigenvalue weighted by Crippen LogP contribution is 2.41. The van der Waals surface area contributed by atoms with Gasteiger partial charge in [0.1, 0.15) is 5.69 Å². The smallest absolute Gasteiger partial charge is 0.323 e. The SMILES string of the molecule is CC(=O)c1ccn(C(=O)N2CCC3(CCN(Cc4cnccc4C)C3)CC2)n1. The average molecular weight is 381 g/mol. The van der Waals surface area contributed by atoms with Gasteiger partial charge in [0, 0.05) is 51.7 Å². The van der Waals surface area contributed by atoms with Crippen molar-refractivity contribution in [3.63, 3.8) is 0 Å². The number of hydrogen-bond donors (Lipinski definition) is 0. The maximum Gasteiger partial charge on any atom is 0.344 e. The van der Waals surface area contributed by atoms with Crippen LogP contribution in [0.4, 0.5) is 4.79 Å². The molecule has 0 aliphatic carbocycles. The summed E-state index contributed by atoms with van der Waals surface area (Å²) in [4.78, 5) is 32.7. The first-order chi connectivity index (χ1) is 13.5. The van der Waals surface area contributed by atoms with Crippen molar-refractivity contribution in [2.45, 2.75) is 39.7 Å². The molecular formula is C21H27N5O2. The van der Waals surface area contributed by atoms with E-state index in [0.717, 1.165) is 45.6 Å². The standard InChI is InChI=1S/C21H27N5O2/c1-16-3-8-22-13-18(16)14-24-10-5-21(15-24)6-11-25(12-7-21)20(28)26-9-4-19(23-26)17(2)27/h3-4,8-9,13H,5-7,10-12,14-15H2,1-2H3. The van der Waals surface area contributed by atoms with E-state index in [1.165, 1.54) is 29.2 Å². The molecule has 148 valence electrons. The van der Waals surface area contributed by atoms with Gasteiger partial charge in [0.25, 0.3) is 0 Å². The summed E-state index contributed by atoms with van der Waals surface area (Å²) in [6, 6.07) is 3.53. The van der Waals surface area contributed by atoms with E-state index >= 15 is 0 Å². The van der Waals surface area contributed by atoms with Gasteiger partial charge in [-0.25, -0.2) is 4.79 Å². The van der Waals surface area contributed by atoms with E-state index in [9.17, 15) is 9.59 Å². The highest BCUT2D eigenvalue weighted by atomic mass is 16.2. The predicted octanol–water partition coefficient (Wildman–Crippen LogP) is 2.75. The Labute approximate surface area is 165 Å². The predicted molar refractivity (Wildman–Crippen MR) is 105 cm³/mol. The van der Waals surface area contributed by atoms with E-state index < -0.39 is 0 Å². The van der Waals surface area contributed by atoms with Gasteiger partial charge < -0.3 is 4.90 Å². The van der Waals surface area contributed by atoms with Crippen molar-refractivity contribution in [3.8, 4) is 0 Å². The van der Waals surface area contributed by atoms with Gasteiger partial charge in [-0.2, -0.15) is 9.78 Å². The molecule has 4 rings (SSSR count). The highest BCUT2D eigenvalue weighted by molar-refractivity contribution is 5.92. The lowest BCUT2D eigenvalue weighted by molar-refractivity contribution is 0.101. The molecule has 1 spiro atoms. The van der Waals surface area contributed by atoms with Crippen molar-refractivity contribution < 1.29 is 9.59 Å². The molecule has 0 aromatic carbocycles. The van der Waals surface area contributed by atoms with Crippen LogP contribution in [-0.4, -0.2) is 62.6 Å². The molecule has 0 bridgehead atoms. The van der Waals surface area contributed by atoms with E-state index in [1.807, 2.05) is 17.3 Å². The summed E-state index contributed by atoms with van der Waals surface area (Å²) < 4.78 is 1.29. The third kappa shape index (κ3) is 3.71. The maximum atomic E-state index is 12.7. The largest absolute Gasteiger partial charge is 0.344 e. The number of carbonyl (C=O) groups excluding carboxylic acids is 2. The van der Waals surface area contributed by atoms with E-state index in [4.69, 9.17) is 0 Å². The topological polar surface area (TPSA) is 71.3 Å². The second-order valence-corrected chi connectivity index (χ2v) is 8.23. The molecule has 2 saturated heterocycles. The molecule has 0 N–H and O–H groups in total. The van der Waals surface area contributed by atoms with Crippen molar-refractivity contribution >= 4 is 11.8 Å². The maximum absolute atomic E-state index is 12.7. The van der Waals surface area contributed by atoms with Gasteiger partial charge in [0.05, 0.1) is 0 Å². The van der Waals surface area contributed by atoms with Gasteiger partial charge in [-0.15, -0.1) is 0 Å². The van der Waals surface area contributed by atoms with Gasteiger partial charge in [0.15, 0.2) is 5.78 Å². The molecule has 2 aliphatic heterocycles. The number of likely N-dealkylation sites (tertiary alicyclic amines) is 2. The second kappa shape index (κ2) is 7.47. The van der Waals surface area contributed by atoms with Gasteiger partial charge in [-0.1, -0.05) is 0 Å². The number of Topliss-reactive ketones (excluding diaryl/α,β-unsaturated/α-hetero) is 1. The molecule has 2 aliphatic rings. The van der Waals surface area contributed by atoms with E-state index in [-0.39, 0.29) is 11.8 Å². The Morgan fingerprint density at radius 1 is 1.14 bits per heavy atom. The molecule has 7 nitrogen and oxygen atoms in total. The van der Waals surface area contributed by atoms with Crippen LogP contribution in [0, 0.1) is 12.3 Å². The van der Waals surface area contributed by atoms with Gasteiger partial charge in [0.2, 0.25) is 0 Å². The number of pyridine rings is 1. The summed E-state index contributed by atoms with van der Waals surface area (Å²) in [6.07, 6.45) is 8.61. The summed E-state index contributed by atoms with van der Waals surface area (Å²) in [5.74, 6) is -0.126. The molecule has 2 aromatic rings. The number of aryl methyl sites for hydroxylation is 1. The number of aromatic nitrogens is 3. The van der Waals surface area contributed by atoms with Crippen LogP contribution in [0.5, 0.6) is 0 Å². The average Bonchev–Trinajstić information content (AvgIpc) is 3.32. The molecule has 7 heteroatoms. The van der Waals surface area contributed by atoms with Crippen LogP contribution < -0.4 is 0 Å². The first-order valence-corrected chi connectivity index (χ1v) is 9.94. The first kappa shape index (κ1) is 18.8. The molecule has 0 saturated carbocycles. The van der Waals surface area contributed by atoms with E-state index in [2.05, 4.69) is 28.0 Å². The third-order valence-corrected chi connectivity index (χ3v) is 6.30. The number of nitrogens with zero attached hydrogens (tertiary/aromatic N) is 5. The summed E-state index contributed by atoms with van der Waals surface area (Å²) in [7, 11) is 0. The Hall–Kier alpha value is -2.54. The minimum atomic E-state index is -0.136. The molecule has 4 heterocycles. The number of piperidine rings is 1. The monoisotopic (exact) mass is 381 g/mol. The second-order valence-electron chi connectivity index (χ2n) is 8.23. The van der Waals surface area contributed by atoms with Gasteiger partial charge >= 0.3 is 6.03 Å². The van der Waals surface area contributed by atoms with Crippen LogP contribution in [-0.2, 0) is 6.54 Å². The summed E-state index contributed by atoms with van der Waals surface area (Å²) in [5, 5.41) is 4.10. The van der Waals surface area contributed by atoms with Gasteiger partial charge in [-0.05, 0) is 61.4 Å². The van der Waals surface area contributed by atoms with E-state index in [1.54, 1.807) is 12.3 Å². The van der Waals surface area contributed by atoms with Crippen LogP contribution in [0.25, 0.3) is 0 Å². The van der Waals surface area contributed by atoms with Crippen molar-refractivity contribution in [2.24, 2.45) is 5.41 Å². The van der Waals surface area contributed by atoms with Crippen LogP contribution in [0.1, 0.15) is 47.8 Å². The first-order valence-electron chi connectivity index (χ1n) is 9.94. The number of ketones is 1. The molecule has 0 unspecified atom stereocenters. The van der Waals surface area contributed by atoms with Crippen molar-refractivity contribution in [1.82, 2.24) is 24.6 Å². The summed E-state index contributed by atoms with van der Waals surface area (Å²) >= 11 is 0. The Balaban J connectivity index is 1.34. The zero-order valence-corrected chi connectivity index (χ0v) is 16.6. The Morgan fingerprint density at radius 2 is 1.89 bits per heavy atom. The molecule has 2 fully saturated rings. The van der Waals surface area contributed by atoms with Crippen molar-refractivity contribution in [1.29, 1.82) is 0 Å². The molecule has 0 atom stereocenters. The number of hydrogen-bond acceptors (Lipinski definition) is 5. The van der Waals surface area contributed by atoms with Crippen LogP contribution in [0.3, 0.4) is 0 Å². The Morgan fingerprint density at radius 3 is 2.57 bits per heavy atom. The van der Waals surface area contributed by atoms with Gasteiger partial charge in [-0.3, -0.25) is 14.7 Å². The molecule has 2 aromatic heterocycles.